The third-order valence-corrected chi connectivity index (χ3v) is 1.17. The summed E-state index contributed by atoms with van der Waals surface area (Å²) in [7, 11) is 0. The molecule has 0 unspecified atom stereocenters. The maximum atomic E-state index is 3.84. The van der Waals surface area contributed by atoms with Gasteiger partial charge in [-0.25, -0.2) is 0 Å². The van der Waals surface area contributed by atoms with Crippen molar-refractivity contribution in [3.63, 3.8) is 0 Å². The van der Waals surface area contributed by atoms with Crippen molar-refractivity contribution < 1.29 is 0 Å². The van der Waals surface area contributed by atoms with Crippen molar-refractivity contribution in [1.29, 1.82) is 0 Å². The van der Waals surface area contributed by atoms with E-state index in [0.717, 1.165) is 11.3 Å². The number of aryl methyl sites for hydroxylation is 1. The van der Waals surface area contributed by atoms with Gasteiger partial charge in [-0.2, -0.15) is 5.10 Å². The summed E-state index contributed by atoms with van der Waals surface area (Å²) in [5.74, 6) is 5.62. The van der Waals surface area contributed by atoms with Crippen LogP contribution in [-0.2, 0) is 0 Å². The summed E-state index contributed by atoms with van der Waals surface area (Å²) >= 11 is 0. The van der Waals surface area contributed by atoms with E-state index in [1.165, 1.54) is 0 Å². The van der Waals surface area contributed by atoms with Gasteiger partial charge in [-0.15, -0.1) is 5.10 Å². The fourth-order valence-corrected chi connectivity index (χ4v) is 0.636. The summed E-state index contributed by atoms with van der Waals surface area (Å²) in [6.45, 7) is 3.75. The van der Waals surface area contributed by atoms with Crippen LogP contribution >= 0.6 is 0 Å². The quantitative estimate of drug-likeness (QED) is 0.495. The van der Waals surface area contributed by atoms with Crippen molar-refractivity contribution >= 4 is 0 Å². The molecular weight excluding hydrogens is 124 g/mol. The molecule has 2 heteroatoms. The first-order valence-electron chi connectivity index (χ1n) is 3.05. The third-order valence-electron chi connectivity index (χ3n) is 1.17. The largest absolute Gasteiger partial charge is 0.158 e. The first-order valence-corrected chi connectivity index (χ1v) is 3.05. The normalized spacial score (nSPS) is 8.20. The lowest BCUT2D eigenvalue weighted by molar-refractivity contribution is 0.996. The molecule has 1 rings (SSSR count). The van der Waals surface area contributed by atoms with Crippen molar-refractivity contribution in [3.05, 3.63) is 23.5 Å². The van der Waals surface area contributed by atoms with E-state index in [1.807, 2.05) is 13.0 Å². The van der Waals surface area contributed by atoms with Crippen LogP contribution in [-0.4, -0.2) is 10.2 Å². The molecule has 0 atom stereocenters. The molecule has 1 aromatic heterocycles. The molecule has 0 aromatic carbocycles. The van der Waals surface area contributed by atoms with Gasteiger partial charge >= 0.3 is 0 Å². The maximum Gasteiger partial charge on any atom is 0.138 e. The van der Waals surface area contributed by atoms with Gasteiger partial charge < -0.3 is 0 Å². The van der Waals surface area contributed by atoms with E-state index < -0.39 is 0 Å². The van der Waals surface area contributed by atoms with Crippen molar-refractivity contribution in [2.24, 2.45) is 0 Å². The van der Waals surface area contributed by atoms with Crippen LogP contribution in [0.5, 0.6) is 0 Å². The number of rotatable bonds is 0. The Kier molecular flexibility index (Phi) is 2.01. The molecule has 0 N–H and O–H groups in total. The maximum absolute atomic E-state index is 3.84. The lowest BCUT2D eigenvalue weighted by atomic mass is 10.2. The molecule has 50 valence electrons. The van der Waals surface area contributed by atoms with Crippen LogP contribution in [0.4, 0.5) is 0 Å². The highest BCUT2D eigenvalue weighted by atomic mass is 15.1. The lowest BCUT2D eigenvalue weighted by Gasteiger charge is -1.90. The van der Waals surface area contributed by atoms with Crippen LogP contribution in [0.25, 0.3) is 0 Å². The van der Waals surface area contributed by atoms with Crippen molar-refractivity contribution in [1.82, 2.24) is 10.2 Å². The highest BCUT2D eigenvalue weighted by Gasteiger charge is 1.91. The molecule has 0 bridgehead atoms. The van der Waals surface area contributed by atoms with Crippen LogP contribution in [0.3, 0.4) is 0 Å². The second-order valence-electron chi connectivity index (χ2n) is 1.94. The van der Waals surface area contributed by atoms with Gasteiger partial charge in [0.1, 0.15) is 5.69 Å². The van der Waals surface area contributed by atoms with Gasteiger partial charge in [0.2, 0.25) is 0 Å². The average Bonchev–Trinajstić information content (AvgIpc) is 1.94. The highest BCUT2D eigenvalue weighted by Crippen LogP contribution is 1.97. The summed E-state index contributed by atoms with van der Waals surface area (Å²) in [6, 6.07) is 1.90. The third kappa shape index (κ3) is 1.32. The van der Waals surface area contributed by atoms with E-state index in [2.05, 4.69) is 22.0 Å². The van der Waals surface area contributed by atoms with Crippen molar-refractivity contribution in [2.45, 2.75) is 13.8 Å². The Morgan fingerprint density at radius 2 is 2.30 bits per heavy atom. The smallest absolute Gasteiger partial charge is 0.138 e. The zero-order chi connectivity index (χ0) is 7.40. The Hall–Kier alpha value is -1.36. The molecule has 0 aliphatic rings. The van der Waals surface area contributed by atoms with E-state index >= 15 is 0 Å². The van der Waals surface area contributed by atoms with Gasteiger partial charge in [0, 0.05) is 6.20 Å². The Morgan fingerprint density at radius 1 is 1.50 bits per heavy atom. The van der Waals surface area contributed by atoms with Crippen LogP contribution in [0.15, 0.2) is 12.3 Å². The molecule has 2 nitrogen and oxygen atoms in total. The van der Waals surface area contributed by atoms with Gasteiger partial charge in [-0.3, -0.25) is 0 Å². The van der Waals surface area contributed by atoms with Crippen LogP contribution < -0.4 is 0 Å². The Morgan fingerprint density at radius 3 is 2.90 bits per heavy atom. The van der Waals surface area contributed by atoms with Gasteiger partial charge in [0.25, 0.3) is 0 Å². The molecule has 10 heavy (non-hydrogen) atoms. The standard InChI is InChI=1S/C8H8N2/c1-3-4-8-7(2)5-6-9-10-8/h5-6H,1-2H3. The first kappa shape index (κ1) is 6.76. The molecule has 0 saturated heterocycles. The number of hydrogen-bond donors (Lipinski definition) is 0. The molecule has 0 fully saturated rings. The molecular formula is C8H8N2. The first-order chi connectivity index (χ1) is 4.84. The number of aromatic nitrogens is 2. The zero-order valence-corrected chi connectivity index (χ0v) is 6.05. The van der Waals surface area contributed by atoms with E-state index in [1.54, 1.807) is 13.1 Å². The molecule has 0 radical (unpaired) electrons. The second-order valence-corrected chi connectivity index (χ2v) is 1.94. The molecule has 0 aliphatic carbocycles. The molecule has 1 aromatic rings. The Balaban J connectivity index is 3.11. The number of hydrogen-bond acceptors (Lipinski definition) is 2. The molecule has 0 saturated carbocycles. The Labute approximate surface area is 60.3 Å². The predicted molar refractivity (Wildman–Crippen MR) is 39.3 cm³/mol. The van der Waals surface area contributed by atoms with E-state index in [9.17, 15) is 0 Å². The van der Waals surface area contributed by atoms with Gasteiger partial charge in [0.15, 0.2) is 0 Å². The van der Waals surface area contributed by atoms with Crippen LogP contribution in [0, 0.1) is 18.8 Å². The highest BCUT2D eigenvalue weighted by molar-refractivity contribution is 5.32. The molecule has 0 amide bonds. The minimum atomic E-state index is 0.769. The second kappa shape index (κ2) is 2.98. The summed E-state index contributed by atoms with van der Waals surface area (Å²) in [4.78, 5) is 0. The van der Waals surface area contributed by atoms with Crippen LogP contribution in [0.1, 0.15) is 18.2 Å². The van der Waals surface area contributed by atoms with Crippen LogP contribution in [0.2, 0.25) is 0 Å². The Bertz CT molecular complexity index is 281. The van der Waals surface area contributed by atoms with Gasteiger partial charge in [-0.1, -0.05) is 5.92 Å². The van der Waals surface area contributed by atoms with E-state index in [0.29, 0.717) is 0 Å². The van der Waals surface area contributed by atoms with Gasteiger partial charge in [0.05, 0.1) is 0 Å². The van der Waals surface area contributed by atoms with Gasteiger partial charge in [-0.05, 0) is 31.4 Å². The SMILES string of the molecule is CC#Cc1nnccc1C. The van der Waals surface area contributed by atoms with Crippen molar-refractivity contribution in [3.8, 4) is 11.8 Å². The molecule has 0 spiro atoms. The van der Waals surface area contributed by atoms with E-state index in [4.69, 9.17) is 0 Å². The fourth-order valence-electron chi connectivity index (χ4n) is 0.636. The summed E-state index contributed by atoms with van der Waals surface area (Å²) in [6.07, 6.45) is 1.66. The minimum Gasteiger partial charge on any atom is -0.158 e. The minimum absolute atomic E-state index is 0.769. The summed E-state index contributed by atoms with van der Waals surface area (Å²) in [5.41, 5.74) is 1.84. The zero-order valence-electron chi connectivity index (χ0n) is 6.05. The topological polar surface area (TPSA) is 25.8 Å². The average molecular weight is 132 g/mol. The predicted octanol–water partition coefficient (Wildman–Crippen LogP) is 1.16. The number of nitrogens with zero attached hydrogens (tertiary/aromatic N) is 2. The van der Waals surface area contributed by atoms with Crippen molar-refractivity contribution in [2.75, 3.05) is 0 Å². The summed E-state index contributed by atoms with van der Waals surface area (Å²) in [5, 5.41) is 7.56. The summed E-state index contributed by atoms with van der Waals surface area (Å²) < 4.78 is 0. The van der Waals surface area contributed by atoms with E-state index in [-0.39, 0.29) is 0 Å². The molecule has 1 heterocycles. The molecule has 0 aliphatic heterocycles. The fraction of sp³-hybridized carbons (Fsp3) is 0.250. The monoisotopic (exact) mass is 132 g/mol. The lowest BCUT2D eigenvalue weighted by Crippen LogP contribution is -1.89.